The van der Waals surface area contributed by atoms with E-state index in [0.29, 0.717) is 6.61 Å². The summed E-state index contributed by atoms with van der Waals surface area (Å²) >= 11 is 5.92. The van der Waals surface area contributed by atoms with Crippen molar-refractivity contribution in [3.05, 3.63) is 34.9 Å². The van der Waals surface area contributed by atoms with Crippen LogP contribution in [0.4, 0.5) is 0 Å². The van der Waals surface area contributed by atoms with Crippen LogP contribution < -0.4 is 5.73 Å². The Hall–Kier alpha value is -1.06. The van der Waals surface area contributed by atoms with Crippen molar-refractivity contribution < 1.29 is 9.53 Å². The highest BCUT2D eigenvalue weighted by Crippen LogP contribution is 2.46. The lowest BCUT2D eigenvalue weighted by molar-refractivity contribution is -0.144. The SMILES string of the molecule is CCOC(=O)CC(N)C1(c2ccc(Cl)cc2)CCC1. The Bertz CT molecular complexity index is 440. The van der Waals surface area contributed by atoms with Gasteiger partial charge in [-0.2, -0.15) is 0 Å². The molecule has 1 atom stereocenters. The maximum Gasteiger partial charge on any atom is 0.307 e. The quantitative estimate of drug-likeness (QED) is 0.844. The third-order valence-electron chi connectivity index (χ3n) is 4.07. The van der Waals surface area contributed by atoms with Crippen LogP contribution in [0.3, 0.4) is 0 Å². The molecule has 2 rings (SSSR count). The molecule has 0 bridgehead atoms. The first-order chi connectivity index (χ1) is 9.08. The molecule has 0 spiro atoms. The molecule has 0 aliphatic heterocycles. The van der Waals surface area contributed by atoms with Crippen LogP contribution in [0.5, 0.6) is 0 Å². The minimum Gasteiger partial charge on any atom is -0.466 e. The van der Waals surface area contributed by atoms with Gasteiger partial charge < -0.3 is 10.5 Å². The monoisotopic (exact) mass is 281 g/mol. The first-order valence-electron chi connectivity index (χ1n) is 6.76. The number of carbonyl (C=O) groups is 1. The van der Waals surface area contributed by atoms with Gasteiger partial charge in [0.05, 0.1) is 13.0 Å². The highest BCUT2D eigenvalue weighted by atomic mass is 35.5. The number of esters is 1. The van der Waals surface area contributed by atoms with Gasteiger partial charge in [0, 0.05) is 16.5 Å². The fourth-order valence-electron chi connectivity index (χ4n) is 2.81. The number of benzene rings is 1. The zero-order chi connectivity index (χ0) is 13.9. The van der Waals surface area contributed by atoms with Crippen LogP contribution in [-0.2, 0) is 14.9 Å². The topological polar surface area (TPSA) is 52.3 Å². The maximum absolute atomic E-state index is 11.6. The smallest absolute Gasteiger partial charge is 0.307 e. The summed E-state index contributed by atoms with van der Waals surface area (Å²) in [6.07, 6.45) is 3.47. The summed E-state index contributed by atoms with van der Waals surface area (Å²) in [5.74, 6) is -0.213. The second-order valence-corrected chi connectivity index (χ2v) is 5.57. The van der Waals surface area contributed by atoms with Crippen molar-refractivity contribution in [2.75, 3.05) is 6.61 Å². The van der Waals surface area contributed by atoms with E-state index < -0.39 is 0 Å². The molecule has 1 aromatic carbocycles. The summed E-state index contributed by atoms with van der Waals surface area (Å²) in [4.78, 5) is 11.6. The molecule has 1 saturated carbocycles. The van der Waals surface area contributed by atoms with Crippen molar-refractivity contribution >= 4 is 17.6 Å². The van der Waals surface area contributed by atoms with Gasteiger partial charge in [-0.3, -0.25) is 4.79 Å². The molecule has 1 aliphatic rings. The van der Waals surface area contributed by atoms with Crippen LogP contribution >= 0.6 is 11.6 Å². The molecule has 0 heterocycles. The molecule has 0 radical (unpaired) electrons. The van der Waals surface area contributed by atoms with E-state index >= 15 is 0 Å². The first kappa shape index (κ1) is 14.4. The summed E-state index contributed by atoms with van der Waals surface area (Å²) < 4.78 is 4.99. The lowest BCUT2D eigenvalue weighted by Crippen LogP contribution is -2.51. The van der Waals surface area contributed by atoms with E-state index in [9.17, 15) is 4.79 Å². The number of rotatable bonds is 5. The molecule has 1 aliphatic carbocycles. The normalized spacial score (nSPS) is 18.5. The number of hydrogen-bond acceptors (Lipinski definition) is 3. The van der Waals surface area contributed by atoms with E-state index in [4.69, 9.17) is 22.1 Å². The molecule has 2 N–H and O–H groups in total. The van der Waals surface area contributed by atoms with Crippen LogP contribution in [-0.4, -0.2) is 18.6 Å². The Kier molecular flexibility index (Phi) is 4.48. The summed E-state index contributed by atoms with van der Waals surface area (Å²) in [6, 6.07) is 7.61. The molecule has 19 heavy (non-hydrogen) atoms. The van der Waals surface area contributed by atoms with Crippen LogP contribution in [0.2, 0.25) is 5.02 Å². The Morgan fingerprint density at radius 2 is 2.05 bits per heavy atom. The second kappa shape index (κ2) is 5.93. The van der Waals surface area contributed by atoms with Gasteiger partial charge in [0.1, 0.15) is 0 Å². The Balaban J connectivity index is 2.13. The van der Waals surface area contributed by atoms with Gasteiger partial charge in [0.2, 0.25) is 0 Å². The van der Waals surface area contributed by atoms with Gasteiger partial charge in [0.15, 0.2) is 0 Å². The molecule has 4 heteroatoms. The highest BCUT2D eigenvalue weighted by Gasteiger charge is 2.44. The van der Waals surface area contributed by atoms with Gasteiger partial charge >= 0.3 is 5.97 Å². The summed E-state index contributed by atoms with van der Waals surface area (Å²) in [5, 5.41) is 0.720. The predicted octanol–water partition coefficient (Wildman–Crippen LogP) is 3.04. The molecule has 0 saturated heterocycles. The molecular weight excluding hydrogens is 262 g/mol. The third-order valence-corrected chi connectivity index (χ3v) is 4.32. The third kappa shape index (κ3) is 2.93. The van der Waals surface area contributed by atoms with Crippen LogP contribution in [0.1, 0.15) is 38.2 Å². The number of nitrogens with two attached hydrogens (primary N) is 1. The number of ether oxygens (including phenoxy) is 1. The van der Waals surface area contributed by atoms with Crippen LogP contribution in [0, 0.1) is 0 Å². The number of hydrogen-bond donors (Lipinski definition) is 1. The fourth-order valence-corrected chi connectivity index (χ4v) is 2.93. The minimum absolute atomic E-state index is 0.0860. The zero-order valence-electron chi connectivity index (χ0n) is 11.2. The highest BCUT2D eigenvalue weighted by molar-refractivity contribution is 6.30. The van der Waals surface area contributed by atoms with E-state index in [1.54, 1.807) is 0 Å². The second-order valence-electron chi connectivity index (χ2n) is 5.13. The van der Waals surface area contributed by atoms with Crippen molar-refractivity contribution in [2.45, 2.75) is 44.1 Å². The maximum atomic E-state index is 11.6. The van der Waals surface area contributed by atoms with Crippen molar-refractivity contribution in [3.63, 3.8) is 0 Å². The van der Waals surface area contributed by atoms with E-state index in [1.165, 1.54) is 5.56 Å². The van der Waals surface area contributed by atoms with Crippen LogP contribution in [0.15, 0.2) is 24.3 Å². The largest absolute Gasteiger partial charge is 0.466 e. The van der Waals surface area contributed by atoms with Crippen molar-refractivity contribution in [1.82, 2.24) is 0 Å². The summed E-state index contributed by atoms with van der Waals surface area (Å²) in [5.41, 5.74) is 7.38. The number of halogens is 1. The van der Waals surface area contributed by atoms with Crippen molar-refractivity contribution in [2.24, 2.45) is 5.73 Å². The molecule has 0 amide bonds. The van der Waals surface area contributed by atoms with Crippen molar-refractivity contribution in [1.29, 1.82) is 0 Å². The molecule has 1 fully saturated rings. The number of carbonyl (C=O) groups excluding carboxylic acids is 1. The standard InChI is InChI=1S/C15H20ClNO2/c1-2-19-14(18)10-13(17)15(8-3-9-15)11-4-6-12(16)7-5-11/h4-7,13H,2-3,8-10,17H2,1H3. The minimum atomic E-state index is -0.213. The molecule has 3 nitrogen and oxygen atoms in total. The van der Waals surface area contributed by atoms with Crippen molar-refractivity contribution in [3.8, 4) is 0 Å². The molecule has 1 aromatic rings. The lowest BCUT2D eigenvalue weighted by Gasteiger charge is -2.46. The Labute approximate surface area is 119 Å². The molecule has 0 aromatic heterocycles. The van der Waals surface area contributed by atoms with Gasteiger partial charge in [-0.15, -0.1) is 0 Å². The van der Waals surface area contributed by atoms with Gasteiger partial charge in [-0.25, -0.2) is 0 Å². The van der Waals surface area contributed by atoms with Gasteiger partial charge in [0.25, 0.3) is 0 Å². The molecule has 1 unspecified atom stereocenters. The average Bonchev–Trinajstić information content (AvgIpc) is 2.30. The Morgan fingerprint density at radius 1 is 1.42 bits per heavy atom. The van der Waals surface area contributed by atoms with E-state index in [2.05, 4.69) is 0 Å². The summed E-state index contributed by atoms with van der Waals surface area (Å²) in [6.45, 7) is 2.21. The van der Waals surface area contributed by atoms with E-state index in [-0.39, 0.29) is 23.8 Å². The van der Waals surface area contributed by atoms with E-state index in [0.717, 1.165) is 24.3 Å². The average molecular weight is 282 g/mol. The molecule has 104 valence electrons. The first-order valence-corrected chi connectivity index (χ1v) is 7.13. The fraction of sp³-hybridized carbons (Fsp3) is 0.533. The Morgan fingerprint density at radius 3 is 2.53 bits per heavy atom. The van der Waals surface area contributed by atoms with Gasteiger partial charge in [-0.1, -0.05) is 30.2 Å². The van der Waals surface area contributed by atoms with Gasteiger partial charge in [-0.05, 0) is 37.5 Å². The lowest BCUT2D eigenvalue weighted by atomic mass is 9.59. The van der Waals surface area contributed by atoms with E-state index in [1.807, 2.05) is 31.2 Å². The summed E-state index contributed by atoms with van der Waals surface area (Å²) in [7, 11) is 0. The molecular formula is C15H20ClNO2. The zero-order valence-corrected chi connectivity index (χ0v) is 12.0. The van der Waals surface area contributed by atoms with Crippen LogP contribution in [0.25, 0.3) is 0 Å². The predicted molar refractivity (Wildman–Crippen MR) is 76.2 cm³/mol.